The molecule has 6 heteroatoms. The van der Waals surface area contributed by atoms with Gasteiger partial charge in [-0.2, -0.15) is 0 Å². The third-order valence-corrected chi connectivity index (χ3v) is 7.64. The lowest BCUT2D eigenvalue weighted by Gasteiger charge is -2.29. The third kappa shape index (κ3) is 7.87. The van der Waals surface area contributed by atoms with Crippen LogP contribution in [0.4, 0.5) is 4.79 Å². The van der Waals surface area contributed by atoms with Crippen LogP contribution in [-0.2, 0) is 4.74 Å². The van der Waals surface area contributed by atoms with Crippen molar-refractivity contribution in [3.63, 3.8) is 0 Å². The van der Waals surface area contributed by atoms with Crippen LogP contribution in [0.3, 0.4) is 0 Å². The van der Waals surface area contributed by atoms with E-state index >= 15 is 0 Å². The third-order valence-electron chi connectivity index (χ3n) is 6.13. The summed E-state index contributed by atoms with van der Waals surface area (Å²) < 4.78 is 5.34. The highest BCUT2D eigenvalue weighted by molar-refractivity contribution is 7.99. The fourth-order valence-electron chi connectivity index (χ4n) is 4.37. The molecule has 1 aromatic rings. The highest BCUT2D eigenvalue weighted by atomic mass is 32.2. The van der Waals surface area contributed by atoms with E-state index in [-0.39, 0.29) is 6.09 Å². The molecule has 0 aromatic heterocycles. The molecule has 32 heavy (non-hydrogen) atoms. The van der Waals surface area contributed by atoms with Crippen LogP contribution in [-0.4, -0.2) is 29.7 Å². The second-order valence-electron chi connectivity index (χ2n) is 10.0. The number of nitrogens with one attached hydrogen (secondary N) is 1. The summed E-state index contributed by atoms with van der Waals surface area (Å²) in [6.07, 6.45) is 7.69. The summed E-state index contributed by atoms with van der Waals surface area (Å²) in [5, 5.41) is 2.94. The molecule has 0 radical (unpaired) electrons. The molecule has 1 fully saturated rings. The topological polar surface area (TPSA) is 50.7 Å². The zero-order valence-corrected chi connectivity index (χ0v) is 21.7. The van der Waals surface area contributed by atoms with E-state index in [1.54, 1.807) is 0 Å². The number of hydrogen-bond acceptors (Lipinski definition) is 5. The molecule has 3 rings (SSSR count). The molecule has 1 aliphatic heterocycles. The van der Waals surface area contributed by atoms with E-state index in [0.717, 1.165) is 41.7 Å². The first-order valence-electron chi connectivity index (χ1n) is 11.9. The van der Waals surface area contributed by atoms with Gasteiger partial charge >= 0.3 is 6.09 Å². The Morgan fingerprint density at radius 1 is 1.19 bits per heavy atom. The minimum Gasteiger partial charge on any atom is -0.444 e. The quantitative estimate of drug-likeness (QED) is 0.335. The number of alkyl carbamates (subject to hydrolysis) is 1. The van der Waals surface area contributed by atoms with Crippen molar-refractivity contribution >= 4 is 41.9 Å². The normalized spacial score (nSPS) is 22.2. The average molecular weight is 475 g/mol. The van der Waals surface area contributed by atoms with Crippen LogP contribution in [0.1, 0.15) is 78.2 Å². The number of benzene rings is 1. The number of carbonyl (C=O) groups is 1. The highest BCUT2D eigenvalue weighted by Gasteiger charge is 2.23. The molecule has 1 N–H and O–H groups in total. The Balaban J connectivity index is 1.46. The first-order valence-corrected chi connectivity index (χ1v) is 13.3. The van der Waals surface area contributed by atoms with Crippen LogP contribution in [0.5, 0.6) is 0 Å². The van der Waals surface area contributed by atoms with E-state index in [4.69, 9.17) is 22.4 Å². The maximum atomic E-state index is 11.9. The van der Waals surface area contributed by atoms with Crippen molar-refractivity contribution in [2.24, 2.45) is 16.8 Å². The maximum Gasteiger partial charge on any atom is 0.407 e. The van der Waals surface area contributed by atoms with Crippen molar-refractivity contribution in [3.05, 3.63) is 34.7 Å². The summed E-state index contributed by atoms with van der Waals surface area (Å²) >= 11 is 6.68. The summed E-state index contributed by atoms with van der Waals surface area (Å²) in [6, 6.07) is 8.55. The Kier molecular flexibility index (Phi) is 9.18. The number of rotatable bonds is 6. The van der Waals surface area contributed by atoms with Crippen LogP contribution in [0, 0.1) is 11.8 Å². The number of ether oxygens (including phenoxy) is 1. The molecule has 1 amide bonds. The Morgan fingerprint density at radius 2 is 1.88 bits per heavy atom. The molecular formula is C26H38N2O2S2. The molecule has 176 valence electrons. The van der Waals surface area contributed by atoms with E-state index in [9.17, 15) is 4.79 Å². The standard InChI is InChI=1S/C26H38N2O2S2/c1-18(28-24-21-7-5-6-8-23(21)32-16-15-22(24)31)9-10-19-11-13-20(14-12-19)17-27-25(29)30-26(2,3)4/h5-8,19-20,31H,9-17H2,1-4H3,(H,27,29). The summed E-state index contributed by atoms with van der Waals surface area (Å²) in [7, 11) is 0. The second kappa shape index (κ2) is 11.6. The number of aliphatic imine (C=N–C) groups is 1. The molecule has 4 nitrogen and oxygen atoms in total. The van der Waals surface area contributed by atoms with Crippen LogP contribution in [0.15, 0.2) is 39.1 Å². The summed E-state index contributed by atoms with van der Waals surface area (Å²) in [5.41, 5.74) is 3.03. The van der Waals surface area contributed by atoms with Crippen molar-refractivity contribution in [1.82, 2.24) is 5.32 Å². The number of nitrogens with zero attached hydrogens (tertiary/aromatic N) is 1. The molecule has 0 spiro atoms. The van der Waals surface area contributed by atoms with Crippen molar-refractivity contribution in [2.75, 3.05) is 12.3 Å². The monoisotopic (exact) mass is 474 g/mol. The van der Waals surface area contributed by atoms with Gasteiger partial charge in [-0.15, -0.1) is 24.4 Å². The van der Waals surface area contributed by atoms with Crippen molar-refractivity contribution in [1.29, 1.82) is 0 Å². The average Bonchev–Trinajstić information content (AvgIpc) is 2.89. The van der Waals surface area contributed by atoms with E-state index in [1.165, 1.54) is 48.3 Å². The molecule has 0 bridgehead atoms. The molecule has 1 aromatic carbocycles. The van der Waals surface area contributed by atoms with E-state index in [1.807, 2.05) is 32.5 Å². The lowest BCUT2D eigenvalue weighted by molar-refractivity contribution is 0.0513. The van der Waals surface area contributed by atoms with Gasteiger partial charge in [0, 0.05) is 33.4 Å². The van der Waals surface area contributed by atoms with Gasteiger partial charge < -0.3 is 10.1 Å². The summed E-state index contributed by atoms with van der Waals surface area (Å²) in [5.74, 6) is 2.37. The van der Waals surface area contributed by atoms with E-state index in [0.29, 0.717) is 5.92 Å². The lowest BCUT2D eigenvalue weighted by atomic mass is 9.80. The SMILES string of the molecule is CC(CCC1CCC(CNC(=O)OC(C)(C)C)CC1)=NC1=C(S)CCSc2ccccc21. The Morgan fingerprint density at radius 3 is 2.59 bits per heavy atom. The smallest absolute Gasteiger partial charge is 0.407 e. The number of carbonyl (C=O) groups excluding carboxylic acids is 1. The predicted octanol–water partition coefficient (Wildman–Crippen LogP) is 7.35. The Labute approximate surface area is 203 Å². The van der Waals surface area contributed by atoms with Gasteiger partial charge in [0.25, 0.3) is 0 Å². The fraction of sp³-hybridized carbons (Fsp3) is 0.615. The number of thiol groups is 1. The van der Waals surface area contributed by atoms with Gasteiger partial charge in [-0.3, -0.25) is 4.99 Å². The van der Waals surface area contributed by atoms with Gasteiger partial charge in [0.15, 0.2) is 0 Å². The molecule has 0 saturated heterocycles. The van der Waals surface area contributed by atoms with Crippen molar-refractivity contribution in [2.45, 2.75) is 83.1 Å². The zero-order valence-electron chi connectivity index (χ0n) is 19.9. The van der Waals surface area contributed by atoms with Gasteiger partial charge in [0.2, 0.25) is 0 Å². The van der Waals surface area contributed by atoms with Gasteiger partial charge in [0.05, 0.1) is 5.70 Å². The maximum absolute atomic E-state index is 11.9. The van der Waals surface area contributed by atoms with Gasteiger partial charge in [-0.05, 0) is 77.7 Å². The van der Waals surface area contributed by atoms with Crippen molar-refractivity contribution in [3.8, 4) is 0 Å². The van der Waals surface area contributed by atoms with Crippen LogP contribution in [0.2, 0.25) is 0 Å². The first kappa shape index (κ1) is 25.2. The Bertz CT molecular complexity index is 850. The molecule has 2 aliphatic rings. The minimum absolute atomic E-state index is 0.303. The number of fused-ring (bicyclic) bond motifs is 1. The highest BCUT2D eigenvalue weighted by Crippen LogP contribution is 2.38. The molecule has 0 unspecified atom stereocenters. The minimum atomic E-state index is -0.442. The second-order valence-corrected chi connectivity index (χ2v) is 11.7. The number of allylic oxidation sites excluding steroid dienone is 1. The van der Waals surface area contributed by atoms with Crippen LogP contribution >= 0.6 is 24.4 Å². The van der Waals surface area contributed by atoms with Gasteiger partial charge in [-0.1, -0.05) is 31.0 Å². The van der Waals surface area contributed by atoms with Gasteiger partial charge in [0.1, 0.15) is 5.60 Å². The summed E-state index contributed by atoms with van der Waals surface area (Å²) in [4.78, 5) is 19.3. The number of hydrogen-bond donors (Lipinski definition) is 2. The predicted molar refractivity (Wildman–Crippen MR) is 140 cm³/mol. The number of thioether (sulfide) groups is 1. The van der Waals surface area contributed by atoms with Crippen LogP contribution < -0.4 is 5.32 Å². The molecule has 1 saturated carbocycles. The Hall–Kier alpha value is -1.40. The zero-order chi connectivity index (χ0) is 23.1. The molecule has 0 atom stereocenters. The molecule has 1 heterocycles. The molecular weight excluding hydrogens is 436 g/mol. The van der Waals surface area contributed by atoms with Crippen LogP contribution in [0.25, 0.3) is 5.70 Å². The number of amides is 1. The first-order chi connectivity index (χ1) is 15.2. The molecule has 1 aliphatic carbocycles. The van der Waals surface area contributed by atoms with Crippen molar-refractivity contribution < 1.29 is 9.53 Å². The fourth-order valence-corrected chi connectivity index (χ4v) is 5.82. The van der Waals surface area contributed by atoms with E-state index in [2.05, 4.69) is 36.5 Å². The lowest BCUT2D eigenvalue weighted by Crippen LogP contribution is -2.36. The van der Waals surface area contributed by atoms with E-state index < -0.39 is 5.60 Å². The largest absolute Gasteiger partial charge is 0.444 e. The summed E-state index contributed by atoms with van der Waals surface area (Å²) in [6.45, 7) is 8.56. The van der Waals surface area contributed by atoms with Gasteiger partial charge in [-0.25, -0.2) is 4.79 Å².